The number of para-hydroxylation sites is 2. The molecule has 0 unspecified atom stereocenters. The van der Waals surface area contributed by atoms with E-state index in [2.05, 4.69) is 10.6 Å². The van der Waals surface area contributed by atoms with Gasteiger partial charge in [-0.05, 0) is 34.4 Å². The van der Waals surface area contributed by atoms with Crippen molar-refractivity contribution in [2.75, 3.05) is 10.6 Å². The molecule has 5 aromatic rings. The molecular formula is C34H28N2O4. The Morgan fingerprint density at radius 2 is 0.625 bits per heavy atom. The van der Waals surface area contributed by atoms with Gasteiger partial charge >= 0.3 is 0 Å². The molecule has 2 amide bonds. The molecule has 0 aliphatic rings. The average Bonchev–Trinajstić information content (AvgIpc) is 3.02. The minimum atomic E-state index is -2.01. The number of aliphatic hydroxyl groups is 2. The molecule has 0 aliphatic heterocycles. The zero-order valence-corrected chi connectivity index (χ0v) is 21.6. The Labute approximate surface area is 232 Å². The summed E-state index contributed by atoms with van der Waals surface area (Å²) in [6.07, 6.45) is 0. The van der Waals surface area contributed by atoms with Crippen LogP contribution in [-0.4, -0.2) is 22.0 Å². The van der Waals surface area contributed by atoms with Crippen molar-refractivity contribution in [2.24, 2.45) is 0 Å². The van der Waals surface area contributed by atoms with Crippen molar-refractivity contribution in [1.29, 1.82) is 0 Å². The predicted molar refractivity (Wildman–Crippen MR) is 155 cm³/mol. The maximum atomic E-state index is 13.8. The lowest BCUT2D eigenvalue weighted by Crippen LogP contribution is -2.42. The Morgan fingerprint density at radius 3 is 0.875 bits per heavy atom. The molecule has 5 rings (SSSR count). The van der Waals surface area contributed by atoms with Gasteiger partial charge in [0.15, 0.2) is 11.2 Å². The van der Waals surface area contributed by atoms with Crippen LogP contribution in [0.1, 0.15) is 22.3 Å². The molecule has 198 valence electrons. The van der Waals surface area contributed by atoms with Crippen molar-refractivity contribution in [3.63, 3.8) is 0 Å². The lowest BCUT2D eigenvalue weighted by molar-refractivity contribution is -0.131. The molecule has 40 heavy (non-hydrogen) atoms. The van der Waals surface area contributed by atoms with Crippen LogP contribution in [0.3, 0.4) is 0 Å². The molecule has 5 aromatic carbocycles. The van der Waals surface area contributed by atoms with Gasteiger partial charge in [-0.1, -0.05) is 133 Å². The van der Waals surface area contributed by atoms with E-state index in [9.17, 15) is 19.8 Å². The third kappa shape index (κ3) is 5.01. The SMILES string of the molecule is O=C(Nc1ccccc1NC(=O)C(O)(c1ccccc1)c1ccccc1)C(O)(c1ccccc1)c1ccccc1. The quantitative estimate of drug-likeness (QED) is 0.216. The van der Waals surface area contributed by atoms with Crippen molar-refractivity contribution >= 4 is 23.2 Å². The molecular weight excluding hydrogens is 500 g/mol. The van der Waals surface area contributed by atoms with Crippen molar-refractivity contribution in [2.45, 2.75) is 11.2 Å². The first-order valence-corrected chi connectivity index (χ1v) is 12.8. The number of hydrogen-bond acceptors (Lipinski definition) is 4. The van der Waals surface area contributed by atoms with E-state index < -0.39 is 23.0 Å². The smallest absolute Gasteiger partial charge is 0.265 e. The third-order valence-corrected chi connectivity index (χ3v) is 6.85. The summed E-state index contributed by atoms with van der Waals surface area (Å²) in [7, 11) is 0. The number of hydrogen-bond donors (Lipinski definition) is 4. The molecule has 0 aromatic heterocycles. The molecule has 6 nitrogen and oxygen atoms in total. The summed E-state index contributed by atoms with van der Waals surface area (Å²) >= 11 is 0. The van der Waals surface area contributed by atoms with E-state index in [1.807, 2.05) is 0 Å². The summed E-state index contributed by atoms with van der Waals surface area (Å²) in [5.74, 6) is -1.40. The summed E-state index contributed by atoms with van der Waals surface area (Å²) < 4.78 is 0. The summed E-state index contributed by atoms with van der Waals surface area (Å²) in [6, 6.07) is 41.3. The van der Waals surface area contributed by atoms with Gasteiger partial charge in [-0.2, -0.15) is 0 Å². The summed E-state index contributed by atoms with van der Waals surface area (Å²) in [5, 5.41) is 29.3. The van der Waals surface area contributed by atoms with Gasteiger partial charge < -0.3 is 20.8 Å². The highest BCUT2D eigenvalue weighted by molar-refractivity contribution is 6.06. The number of carbonyl (C=O) groups is 2. The first kappa shape index (κ1) is 26.6. The topological polar surface area (TPSA) is 98.7 Å². The fourth-order valence-corrected chi connectivity index (χ4v) is 4.70. The third-order valence-electron chi connectivity index (χ3n) is 6.85. The minimum Gasteiger partial charge on any atom is -0.372 e. The molecule has 0 bridgehead atoms. The second-order valence-electron chi connectivity index (χ2n) is 9.34. The van der Waals surface area contributed by atoms with Crippen LogP contribution in [0.5, 0.6) is 0 Å². The van der Waals surface area contributed by atoms with Crippen molar-refractivity contribution in [3.05, 3.63) is 168 Å². The molecule has 0 aliphatic carbocycles. The Kier molecular flexibility index (Phi) is 7.55. The van der Waals surface area contributed by atoms with E-state index in [1.165, 1.54) is 0 Å². The number of amides is 2. The van der Waals surface area contributed by atoms with Gasteiger partial charge in [0.2, 0.25) is 0 Å². The van der Waals surface area contributed by atoms with Crippen LogP contribution < -0.4 is 10.6 Å². The molecule has 0 saturated carbocycles. The van der Waals surface area contributed by atoms with Crippen molar-refractivity contribution < 1.29 is 19.8 Å². The van der Waals surface area contributed by atoms with Crippen LogP contribution in [0.4, 0.5) is 11.4 Å². The predicted octanol–water partition coefficient (Wildman–Crippen LogP) is 5.44. The van der Waals surface area contributed by atoms with E-state index in [0.29, 0.717) is 22.3 Å². The molecule has 0 saturated heterocycles. The van der Waals surface area contributed by atoms with E-state index in [4.69, 9.17) is 0 Å². The highest BCUT2D eigenvalue weighted by Crippen LogP contribution is 2.35. The zero-order chi connectivity index (χ0) is 28.0. The van der Waals surface area contributed by atoms with Gasteiger partial charge in [0, 0.05) is 0 Å². The summed E-state index contributed by atoms with van der Waals surface area (Å²) in [5.41, 5.74) is -1.93. The van der Waals surface area contributed by atoms with Gasteiger partial charge in [0.25, 0.3) is 11.8 Å². The Hall–Kier alpha value is -5.04. The molecule has 0 fully saturated rings. The molecule has 6 heteroatoms. The van der Waals surface area contributed by atoms with Gasteiger partial charge in [0.05, 0.1) is 11.4 Å². The van der Waals surface area contributed by atoms with Crippen LogP contribution >= 0.6 is 0 Å². The van der Waals surface area contributed by atoms with E-state index in [0.717, 1.165) is 0 Å². The Morgan fingerprint density at radius 1 is 0.400 bits per heavy atom. The zero-order valence-electron chi connectivity index (χ0n) is 21.6. The van der Waals surface area contributed by atoms with Crippen LogP contribution in [0.2, 0.25) is 0 Å². The first-order chi connectivity index (χ1) is 19.4. The molecule has 0 heterocycles. The number of carbonyl (C=O) groups excluding carboxylic acids is 2. The summed E-state index contributed by atoms with van der Waals surface area (Å²) in [4.78, 5) is 27.6. The van der Waals surface area contributed by atoms with Crippen molar-refractivity contribution in [1.82, 2.24) is 0 Å². The Bertz CT molecular complexity index is 1390. The highest BCUT2D eigenvalue weighted by Gasteiger charge is 2.42. The lowest BCUT2D eigenvalue weighted by atomic mass is 9.85. The maximum Gasteiger partial charge on any atom is 0.265 e. The monoisotopic (exact) mass is 528 g/mol. The second kappa shape index (κ2) is 11.4. The van der Waals surface area contributed by atoms with Crippen molar-refractivity contribution in [3.8, 4) is 0 Å². The largest absolute Gasteiger partial charge is 0.372 e. The normalized spacial score (nSPS) is 11.4. The van der Waals surface area contributed by atoms with Gasteiger partial charge in [-0.15, -0.1) is 0 Å². The highest BCUT2D eigenvalue weighted by atomic mass is 16.3. The average molecular weight is 529 g/mol. The summed E-state index contributed by atoms with van der Waals surface area (Å²) in [6.45, 7) is 0. The van der Waals surface area contributed by atoms with E-state index >= 15 is 0 Å². The second-order valence-corrected chi connectivity index (χ2v) is 9.34. The number of benzene rings is 5. The maximum absolute atomic E-state index is 13.8. The number of rotatable bonds is 8. The number of nitrogens with one attached hydrogen (secondary N) is 2. The fourth-order valence-electron chi connectivity index (χ4n) is 4.70. The van der Waals surface area contributed by atoms with Crippen LogP contribution in [0, 0.1) is 0 Å². The molecule has 4 N–H and O–H groups in total. The fraction of sp³-hybridized carbons (Fsp3) is 0.0588. The Balaban J connectivity index is 1.50. The van der Waals surface area contributed by atoms with Gasteiger partial charge in [-0.25, -0.2) is 0 Å². The van der Waals surface area contributed by atoms with Crippen LogP contribution in [-0.2, 0) is 20.8 Å². The standard InChI is InChI=1S/C34H28N2O4/c37-31(33(39,25-15-5-1-6-16-25)26-17-7-2-8-18-26)35-29-23-13-14-24-30(29)36-32(38)34(40,27-19-9-3-10-20-27)28-21-11-4-12-22-28/h1-24,39-40H,(H,35,37)(H,36,38). The van der Waals surface area contributed by atoms with E-state index in [1.54, 1.807) is 146 Å². The van der Waals surface area contributed by atoms with Gasteiger partial charge in [0.1, 0.15) is 0 Å². The first-order valence-electron chi connectivity index (χ1n) is 12.8. The number of anilines is 2. The lowest BCUT2D eigenvalue weighted by Gasteiger charge is -2.30. The van der Waals surface area contributed by atoms with Crippen LogP contribution in [0.25, 0.3) is 0 Å². The van der Waals surface area contributed by atoms with Crippen LogP contribution in [0.15, 0.2) is 146 Å². The van der Waals surface area contributed by atoms with Gasteiger partial charge in [-0.3, -0.25) is 9.59 Å². The van der Waals surface area contributed by atoms with E-state index in [-0.39, 0.29) is 11.4 Å². The molecule has 0 atom stereocenters. The minimum absolute atomic E-state index is 0.259. The molecule has 0 spiro atoms. The molecule has 0 radical (unpaired) electrons.